The summed E-state index contributed by atoms with van der Waals surface area (Å²) in [5, 5.41) is 15.9. The largest absolute Gasteiger partial charge is 0.350 e. The van der Waals surface area contributed by atoms with Gasteiger partial charge in [-0.05, 0) is 40.2 Å². The van der Waals surface area contributed by atoms with Crippen molar-refractivity contribution in [2.75, 3.05) is 13.6 Å². The zero-order valence-electron chi connectivity index (χ0n) is 14.9. The van der Waals surface area contributed by atoms with E-state index in [0.717, 1.165) is 4.68 Å². The number of amides is 2. The van der Waals surface area contributed by atoms with Crippen molar-refractivity contribution in [3.05, 3.63) is 27.2 Å². The highest BCUT2D eigenvalue weighted by atomic mass is 16.2. The molecule has 0 saturated carbocycles. The Labute approximate surface area is 141 Å². The Balaban J connectivity index is 2.89. The molecule has 1 aromatic rings. The molecule has 8 nitrogen and oxygen atoms in total. The molecule has 0 bridgehead atoms. The maximum absolute atomic E-state index is 12.2. The molecule has 0 aliphatic carbocycles. The number of carbonyl (C=O) groups is 2. The standard InChI is InChI=1S/C16H23N5O3/c1-10-11(2)19-21(15(24)12(10)7-17)9-14(23)20(6)8-13(22)18-16(3,4)5/h8-9H2,1-6H3,(H,18,22). The van der Waals surface area contributed by atoms with Crippen LogP contribution in [-0.2, 0) is 16.1 Å². The summed E-state index contributed by atoms with van der Waals surface area (Å²) in [7, 11) is 1.47. The average molecular weight is 333 g/mol. The van der Waals surface area contributed by atoms with Crippen LogP contribution in [0.1, 0.15) is 37.6 Å². The van der Waals surface area contributed by atoms with Crippen LogP contribution in [0.2, 0.25) is 0 Å². The normalized spacial score (nSPS) is 10.9. The second kappa shape index (κ2) is 7.25. The van der Waals surface area contributed by atoms with E-state index in [4.69, 9.17) is 5.26 Å². The number of aromatic nitrogens is 2. The van der Waals surface area contributed by atoms with Crippen LogP contribution >= 0.6 is 0 Å². The van der Waals surface area contributed by atoms with E-state index in [2.05, 4.69) is 10.4 Å². The molecule has 0 aromatic carbocycles. The molecule has 24 heavy (non-hydrogen) atoms. The molecule has 0 aliphatic rings. The molecule has 0 atom stereocenters. The minimum atomic E-state index is -0.610. The summed E-state index contributed by atoms with van der Waals surface area (Å²) in [6.07, 6.45) is 0. The van der Waals surface area contributed by atoms with Crippen molar-refractivity contribution in [3.8, 4) is 6.07 Å². The number of likely N-dealkylation sites (N-methyl/N-ethyl adjacent to an activating group) is 1. The lowest BCUT2D eigenvalue weighted by atomic mass is 10.1. The van der Waals surface area contributed by atoms with Gasteiger partial charge in [0.15, 0.2) is 0 Å². The van der Waals surface area contributed by atoms with E-state index in [9.17, 15) is 14.4 Å². The van der Waals surface area contributed by atoms with Gasteiger partial charge in [-0.1, -0.05) is 0 Å². The third kappa shape index (κ3) is 4.91. The summed E-state index contributed by atoms with van der Waals surface area (Å²) in [5.41, 5.74) is -0.0176. The summed E-state index contributed by atoms with van der Waals surface area (Å²) >= 11 is 0. The monoisotopic (exact) mass is 333 g/mol. The van der Waals surface area contributed by atoms with Crippen LogP contribution in [0.15, 0.2) is 4.79 Å². The number of nitrogens with one attached hydrogen (secondary N) is 1. The Morgan fingerprint density at radius 2 is 1.92 bits per heavy atom. The van der Waals surface area contributed by atoms with E-state index in [1.807, 2.05) is 26.8 Å². The van der Waals surface area contributed by atoms with E-state index in [1.165, 1.54) is 11.9 Å². The fourth-order valence-electron chi connectivity index (χ4n) is 2.02. The average Bonchev–Trinajstić information content (AvgIpc) is 2.43. The van der Waals surface area contributed by atoms with Crippen LogP contribution in [0.25, 0.3) is 0 Å². The number of nitriles is 1. The Kier molecular flexibility index (Phi) is 5.85. The predicted octanol–water partition coefficient (Wildman–Crippen LogP) is 0.105. The summed E-state index contributed by atoms with van der Waals surface area (Å²) in [6, 6.07) is 1.84. The van der Waals surface area contributed by atoms with Crippen molar-refractivity contribution in [1.82, 2.24) is 20.0 Å². The molecule has 2 amide bonds. The molecular weight excluding hydrogens is 310 g/mol. The molecule has 0 saturated heterocycles. The fourth-order valence-corrected chi connectivity index (χ4v) is 2.02. The molecule has 1 heterocycles. The van der Waals surface area contributed by atoms with Gasteiger partial charge in [0, 0.05) is 12.6 Å². The van der Waals surface area contributed by atoms with E-state index in [0.29, 0.717) is 11.3 Å². The van der Waals surface area contributed by atoms with Crippen LogP contribution < -0.4 is 10.9 Å². The van der Waals surface area contributed by atoms with E-state index >= 15 is 0 Å². The van der Waals surface area contributed by atoms with Gasteiger partial charge in [0.25, 0.3) is 5.56 Å². The minimum absolute atomic E-state index is 0.0246. The van der Waals surface area contributed by atoms with E-state index in [-0.39, 0.29) is 24.6 Å². The fraction of sp³-hybridized carbons (Fsp3) is 0.562. The zero-order valence-corrected chi connectivity index (χ0v) is 14.9. The van der Waals surface area contributed by atoms with Gasteiger partial charge in [-0.3, -0.25) is 14.4 Å². The van der Waals surface area contributed by atoms with E-state index in [1.54, 1.807) is 13.8 Å². The molecule has 0 radical (unpaired) electrons. The topological polar surface area (TPSA) is 108 Å². The Hall–Kier alpha value is -2.69. The van der Waals surface area contributed by atoms with Gasteiger partial charge >= 0.3 is 0 Å². The first-order chi connectivity index (χ1) is 11.0. The van der Waals surface area contributed by atoms with Crippen LogP contribution in [-0.4, -0.2) is 45.6 Å². The maximum atomic E-state index is 12.2. The van der Waals surface area contributed by atoms with E-state index < -0.39 is 17.0 Å². The van der Waals surface area contributed by atoms with Crippen molar-refractivity contribution in [2.24, 2.45) is 0 Å². The molecular formula is C16H23N5O3. The lowest BCUT2D eigenvalue weighted by molar-refractivity contribution is -0.135. The third-order valence-corrected chi connectivity index (χ3v) is 3.35. The van der Waals surface area contributed by atoms with Gasteiger partial charge in [0.2, 0.25) is 11.8 Å². The Bertz CT molecular complexity index is 753. The number of rotatable bonds is 4. The first-order valence-electron chi connectivity index (χ1n) is 7.49. The highest BCUT2D eigenvalue weighted by molar-refractivity contribution is 5.84. The molecule has 0 fully saturated rings. The molecule has 1 N–H and O–H groups in total. The quantitative estimate of drug-likeness (QED) is 0.841. The lowest BCUT2D eigenvalue weighted by Gasteiger charge is -2.23. The van der Waals surface area contributed by atoms with Gasteiger partial charge < -0.3 is 10.2 Å². The highest BCUT2D eigenvalue weighted by Gasteiger charge is 2.19. The molecule has 0 unspecified atom stereocenters. The Morgan fingerprint density at radius 1 is 1.33 bits per heavy atom. The van der Waals surface area contributed by atoms with Crippen LogP contribution in [0.5, 0.6) is 0 Å². The van der Waals surface area contributed by atoms with Crippen molar-refractivity contribution >= 4 is 11.8 Å². The van der Waals surface area contributed by atoms with Gasteiger partial charge in [0.05, 0.1) is 12.2 Å². The second-order valence-electron chi connectivity index (χ2n) is 6.71. The number of hydrogen-bond donors (Lipinski definition) is 1. The molecule has 8 heteroatoms. The molecule has 1 rings (SSSR count). The van der Waals surface area contributed by atoms with Crippen LogP contribution in [0.4, 0.5) is 0 Å². The number of nitrogens with zero attached hydrogens (tertiary/aromatic N) is 4. The van der Waals surface area contributed by atoms with Crippen molar-refractivity contribution in [2.45, 2.75) is 46.7 Å². The summed E-state index contributed by atoms with van der Waals surface area (Å²) in [5.74, 6) is -0.739. The molecule has 130 valence electrons. The number of carbonyl (C=O) groups excluding carboxylic acids is 2. The smallest absolute Gasteiger partial charge is 0.285 e. The van der Waals surface area contributed by atoms with Gasteiger partial charge in [-0.25, -0.2) is 4.68 Å². The van der Waals surface area contributed by atoms with Gasteiger partial charge in [-0.15, -0.1) is 0 Å². The maximum Gasteiger partial charge on any atom is 0.285 e. The first kappa shape index (κ1) is 19.4. The van der Waals surface area contributed by atoms with Crippen molar-refractivity contribution in [3.63, 3.8) is 0 Å². The summed E-state index contributed by atoms with van der Waals surface area (Å²) < 4.78 is 0.960. The molecule has 1 aromatic heterocycles. The third-order valence-electron chi connectivity index (χ3n) is 3.35. The predicted molar refractivity (Wildman–Crippen MR) is 88.2 cm³/mol. The van der Waals surface area contributed by atoms with Gasteiger partial charge in [-0.2, -0.15) is 10.4 Å². The Morgan fingerprint density at radius 3 is 2.42 bits per heavy atom. The molecule has 0 spiro atoms. The van der Waals surface area contributed by atoms with Crippen LogP contribution in [0.3, 0.4) is 0 Å². The van der Waals surface area contributed by atoms with Crippen molar-refractivity contribution in [1.29, 1.82) is 5.26 Å². The number of hydrogen-bond acceptors (Lipinski definition) is 5. The summed E-state index contributed by atoms with van der Waals surface area (Å²) in [4.78, 5) is 37.5. The summed E-state index contributed by atoms with van der Waals surface area (Å²) in [6.45, 7) is 8.38. The zero-order chi connectivity index (χ0) is 18.7. The molecule has 0 aliphatic heterocycles. The van der Waals surface area contributed by atoms with Crippen LogP contribution in [0, 0.1) is 25.2 Å². The SMILES string of the molecule is Cc1nn(CC(=O)N(C)CC(=O)NC(C)(C)C)c(=O)c(C#N)c1C. The highest BCUT2D eigenvalue weighted by Crippen LogP contribution is 2.05. The lowest BCUT2D eigenvalue weighted by Crippen LogP contribution is -2.47. The number of aryl methyl sites for hydroxylation is 1. The minimum Gasteiger partial charge on any atom is -0.350 e. The van der Waals surface area contributed by atoms with Crippen molar-refractivity contribution < 1.29 is 9.59 Å². The second-order valence-corrected chi connectivity index (χ2v) is 6.71. The first-order valence-corrected chi connectivity index (χ1v) is 7.49. The van der Waals surface area contributed by atoms with Gasteiger partial charge in [0.1, 0.15) is 18.2 Å².